The summed E-state index contributed by atoms with van der Waals surface area (Å²) < 4.78 is 38.1. The van der Waals surface area contributed by atoms with Crippen molar-refractivity contribution in [2.75, 3.05) is 26.3 Å². The molecule has 0 spiro atoms. The molecule has 10 nitrogen and oxygen atoms in total. The summed E-state index contributed by atoms with van der Waals surface area (Å²) in [6.45, 7) is 3.98. The van der Waals surface area contributed by atoms with Gasteiger partial charge in [0, 0.05) is 13.1 Å². The van der Waals surface area contributed by atoms with Crippen LogP contribution in [0.15, 0.2) is 40.4 Å². The van der Waals surface area contributed by atoms with Crippen LogP contribution in [-0.4, -0.2) is 63.0 Å². The summed E-state index contributed by atoms with van der Waals surface area (Å²) in [5.74, 6) is -1.50. The van der Waals surface area contributed by atoms with Gasteiger partial charge in [0.25, 0.3) is 0 Å². The Morgan fingerprint density at radius 3 is 2.42 bits per heavy atom. The Hall–Kier alpha value is -2.92. The maximum atomic E-state index is 13.1. The summed E-state index contributed by atoms with van der Waals surface area (Å²) in [6.07, 6.45) is 2.93. The summed E-state index contributed by atoms with van der Waals surface area (Å²) in [5.41, 5.74) is 0.170. The van der Waals surface area contributed by atoms with E-state index in [1.165, 1.54) is 16.4 Å². The van der Waals surface area contributed by atoms with Gasteiger partial charge >= 0.3 is 18.0 Å². The zero-order chi connectivity index (χ0) is 24.0. The molecule has 3 rings (SSSR count). The molecular formula is C22H29N3O7S. The highest BCUT2D eigenvalue weighted by Gasteiger charge is 2.33. The van der Waals surface area contributed by atoms with Gasteiger partial charge in [-0.25, -0.2) is 22.8 Å². The number of rotatable bonds is 8. The molecule has 11 heteroatoms. The predicted octanol–water partition coefficient (Wildman–Crippen LogP) is 1.93. The third-order valence-electron chi connectivity index (χ3n) is 5.53. The average Bonchev–Trinajstić information content (AvgIpc) is 2.82. The third-order valence-corrected chi connectivity index (χ3v) is 7.49. The molecule has 0 radical (unpaired) electrons. The number of esters is 2. The average molecular weight is 480 g/mol. The van der Waals surface area contributed by atoms with E-state index < -0.39 is 40.6 Å². The van der Waals surface area contributed by atoms with Gasteiger partial charge in [0.15, 0.2) is 0 Å². The van der Waals surface area contributed by atoms with Crippen molar-refractivity contribution in [2.45, 2.75) is 50.5 Å². The van der Waals surface area contributed by atoms with Gasteiger partial charge in [-0.3, -0.25) is 0 Å². The number of carbonyl (C=O) groups excluding carboxylic acids is 3. The van der Waals surface area contributed by atoms with E-state index in [4.69, 9.17) is 9.47 Å². The van der Waals surface area contributed by atoms with Crippen molar-refractivity contribution < 1.29 is 32.3 Å². The lowest BCUT2D eigenvalue weighted by Gasteiger charge is -2.28. The molecule has 2 aliphatic heterocycles. The molecule has 1 saturated heterocycles. The molecule has 1 aromatic carbocycles. The third kappa shape index (κ3) is 5.53. The molecule has 0 saturated carbocycles. The second-order valence-electron chi connectivity index (χ2n) is 7.71. The van der Waals surface area contributed by atoms with Crippen LogP contribution in [0.1, 0.15) is 49.9 Å². The number of ether oxygens (including phenoxy) is 2. The molecule has 33 heavy (non-hydrogen) atoms. The van der Waals surface area contributed by atoms with E-state index in [0.29, 0.717) is 19.5 Å². The number of nitrogens with zero attached hydrogens (tertiary/aromatic N) is 1. The molecular weight excluding hydrogens is 450 g/mol. The van der Waals surface area contributed by atoms with Gasteiger partial charge < -0.3 is 20.1 Å². The number of urea groups is 1. The predicted molar refractivity (Wildman–Crippen MR) is 119 cm³/mol. The van der Waals surface area contributed by atoms with Gasteiger partial charge in [0.1, 0.15) is 6.61 Å². The number of nitrogens with one attached hydrogen (secondary N) is 2. The number of amides is 2. The fourth-order valence-electron chi connectivity index (χ4n) is 3.90. The maximum Gasteiger partial charge on any atom is 0.339 e. The molecule has 2 aliphatic rings. The van der Waals surface area contributed by atoms with Crippen molar-refractivity contribution >= 4 is 28.0 Å². The van der Waals surface area contributed by atoms with E-state index in [1.807, 2.05) is 0 Å². The monoisotopic (exact) mass is 479 g/mol. The van der Waals surface area contributed by atoms with E-state index >= 15 is 0 Å². The van der Waals surface area contributed by atoms with E-state index in [-0.39, 0.29) is 28.3 Å². The van der Waals surface area contributed by atoms with Crippen LogP contribution in [0.4, 0.5) is 4.79 Å². The highest BCUT2D eigenvalue weighted by atomic mass is 32.2. The van der Waals surface area contributed by atoms with Gasteiger partial charge in [-0.05, 0) is 38.3 Å². The summed E-state index contributed by atoms with van der Waals surface area (Å²) in [5, 5.41) is 5.13. The smallest absolute Gasteiger partial charge is 0.339 e. The molecule has 0 bridgehead atoms. The second-order valence-corrected chi connectivity index (χ2v) is 9.62. The number of hydrogen-bond donors (Lipinski definition) is 2. The number of piperidine rings is 1. The quantitative estimate of drug-likeness (QED) is 0.545. The van der Waals surface area contributed by atoms with Gasteiger partial charge in [0.2, 0.25) is 10.0 Å². The Morgan fingerprint density at radius 1 is 1.06 bits per heavy atom. The van der Waals surface area contributed by atoms with Crippen LogP contribution >= 0.6 is 0 Å². The SMILES string of the molecule is CCOC(=O)C1=C(COC(=O)c2ccccc2S(=O)(=O)N2CCCCC2)NC(=O)NC1CC. The van der Waals surface area contributed by atoms with Gasteiger partial charge in [-0.2, -0.15) is 4.31 Å². The Kier molecular flexibility index (Phi) is 8.09. The Balaban J connectivity index is 1.85. The van der Waals surface area contributed by atoms with E-state index in [2.05, 4.69) is 10.6 Å². The lowest BCUT2D eigenvalue weighted by molar-refractivity contribution is -0.139. The second kappa shape index (κ2) is 10.8. The van der Waals surface area contributed by atoms with Gasteiger partial charge in [-0.15, -0.1) is 0 Å². The Bertz CT molecular complexity index is 1050. The molecule has 1 fully saturated rings. The summed E-state index contributed by atoms with van der Waals surface area (Å²) >= 11 is 0. The first-order valence-electron chi connectivity index (χ1n) is 11.0. The van der Waals surface area contributed by atoms with Crippen molar-refractivity contribution in [2.24, 2.45) is 0 Å². The van der Waals surface area contributed by atoms with Crippen LogP contribution < -0.4 is 10.6 Å². The minimum atomic E-state index is -3.87. The number of carbonyl (C=O) groups is 3. The Morgan fingerprint density at radius 2 is 1.76 bits per heavy atom. The van der Waals surface area contributed by atoms with E-state index in [9.17, 15) is 22.8 Å². The fraction of sp³-hybridized carbons (Fsp3) is 0.500. The molecule has 0 aromatic heterocycles. The van der Waals surface area contributed by atoms with Crippen LogP contribution in [-0.2, 0) is 24.3 Å². The number of sulfonamides is 1. The van der Waals surface area contributed by atoms with Crippen LogP contribution in [0, 0.1) is 0 Å². The molecule has 2 amide bonds. The lowest BCUT2D eigenvalue weighted by atomic mass is 10.0. The minimum Gasteiger partial charge on any atom is -0.463 e. The lowest BCUT2D eigenvalue weighted by Crippen LogP contribution is -2.51. The highest BCUT2D eigenvalue weighted by molar-refractivity contribution is 7.89. The van der Waals surface area contributed by atoms with E-state index in [0.717, 1.165) is 19.3 Å². The highest BCUT2D eigenvalue weighted by Crippen LogP contribution is 2.25. The molecule has 180 valence electrons. The van der Waals surface area contributed by atoms with Crippen LogP contribution in [0.5, 0.6) is 0 Å². The molecule has 2 N–H and O–H groups in total. The first-order valence-corrected chi connectivity index (χ1v) is 12.5. The van der Waals surface area contributed by atoms with Gasteiger partial charge in [-0.1, -0.05) is 25.5 Å². The molecule has 2 heterocycles. The number of benzene rings is 1. The van der Waals surface area contributed by atoms with Crippen LogP contribution in [0.25, 0.3) is 0 Å². The summed E-state index contributed by atoms with van der Waals surface area (Å²) in [7, 11) is -3.87. The molecule has 1 atom stereocenters. The van der Waals surface area contributed by atoms with Crippen LogP contribution in [0.2, 0.25) is 0 Å². The summed E-state index contributed by atoms with van der Waals surface area (Å²) in [6, 6.07) is 4.73. The molecule has 1 aromatic rings. The largest absolute Gasteiger partial charge is 0.463 e. The van der Waals surface area contributed by atoms with Crippen LogP contribution in [0.3, 0.4) is 0 Å². The minimum absolute atomic E-state index is 0.103. The zero-order valence-electron chi connectivity index (χ0n) is 18.8. The first kappa shape index (κ1) is 24.7. The zero-order valence-corrected chi connectivity index (χ0v) is 19.6. The van der Waals surface area contributed by atoms with Crippen molar-refractivity contribution in [3.05, 3.63) is 41.1 Å². The standard InChI is InChI=1S/C22H29N3O7S/c1-3-16-19(21(27)31-4-2)17(24-22(28)23-16)14-32-20(26)15-10-6-7-11-18(15)33(29,30)25-12-8-5-9-13-25/h6-7,10-11,16H,3-5,8-9,12-14H2,1-2H3,(H2,23,24,28). The topological polar surface area (TPSA) is 131 Å². The molecule has 1 unspecified atom stereocenters. The van der Waals surface area contributed by atoms with Crippen molar-refractivity contribution in [3.8, 4) is 0 Å². The van der Waals surface area contributed by atoms with Gasteiger partial charge in [0.05, 0.1) is 34.4 Å². The number of hydrogen-bond acceptors (Lipinski definition) is 7. The normalized spacial score (nSPS) is 19.5. The van der Waals surface area contributed by atoms with Crippen molar-refractivity contribution in [1.29, 1.82) is 0 Å². The van der Waals surface area contributed by atoms with Crippen molar-refractivity contribution in [1.82, 2.24) is 14.9 Å². The van der Waals surface area contributed by atoms with Crippen molar-refractivity contribution in [3.63, 3.8) is 0 Å². The fourth-order valence-corrected chi connectivity index (χ4v) is 5.59. The molecule has 0 aliphatic carbocycles. The first-order chi connectivity index (χ1) is 15.8. The van der Waals surface area contributed by atoms with E-state index in [1.54, 1.807) is 26.0 Å². The summed E-state index contributed by atoms with van der Waals surface area (Å²) in [4.78, 5) is 37.2. The Labute approximate surface area is 193 Å². The maximum absolute atomic E-state index is 13.1.